The lowest BCUT2D eigenvalue weighted by atomic mass is 9.89. The Bertz CT molecular complexity index is 389. The number of carbonyl (C=O) groups is 2. The maximum absolute atomic E-state index is 12.9. The average molecular weight is 296 g/mol. The van der Waals surface area contributed by atoms with E-state index in [1.807, 2.05) is 4.90 Å². The first-order valence-corrected chi connectivity index (χ1v) is 8.27. The summed E-state index contributed by atoms with van der Waals surface area (Å²) in [5.74, 6) is -0.440. The van der Waals surface area contributed by atoms with Crippen molar-refractivity contribution in [2.24, 2.45) is 5.92 Å². The summed E-state index contributed by atoms with van der Waals surface area (Å²) in [6.07, 6.45) is 5.67. The number of urea groups is 1. The molecule has 120 valence electrons. The van der Waals surface area contributed by atoms with Gasteiger partial charge in [0, 0.05) is 18.6 Å². The lowest BCUT2D eigenvalue weighted by Crippen LogP contribution is -2.59. The lowest BCUT2D eigenvalue weighted by molar-refractivity contribution is -0.144. The summed E-state index contributed by atoms with van der Waals surface area (Å²) in [6.45, 7) is 6.81. The van der Waals surface area contributed by atoms with Crippen molar-refractivity contribution in [2.45, 2.75) is 77.4 Å². The molecule has 2 aliphatic rings. The Morgan fingerprint density at radius 2 is 1.76 bits per heavy atom. The number of rotatable bonds is 2. The van der Waals surface area contributed by atoms with E-state index < -0.39 is 12.0 Å². The maximum Gasteiger partial charge on any atom is 0.326 e. The smallest absolute Gasteiger partial charge is 0.326 e. The van der Waals surface area contributed by atoms with E-state index in [-0.39, 0.29) is 18.1 Å². The summed E-state index contributed by atoms with van der Waals surface area (Å²) in [7, 11) is 0. The Hall–Kier alpha value is -1.26. The van der Waals surface area contributed by atoms with Crippen LogP contribution in [0.5, 0.6) is 0 Å². The van der Waals surface area contributed by atoms with Crippen LogP contribution in [-0.2, 0) is 4.79 Å². The minimum Gasteiger partial charge on any atom is -0.480 e. The van der Waals surface area contributed by atoms with Crippen LogP contribution < -0.4 is 0 Å². The molecule has 4 atom stereocenters. The molecule has 2 aliphatic heterocycles. The number of hydrogen-bond donors (Lipinski definition) is 1. The first-order chi connectivity index (χ1) is 9.95. The zero-order chi connectivity index (χ0) is 15.6. The summed E-state index contributed by atoms with van der Waals surface area (Å²) in [5, 5.41) is 9.49. The normalized spacial score (nSPS) is 33.9. The first-order valence-electron chi connectivity index (χ1n) is 8.27. The second-order valence-corrected chi connectivity index (χ2v) is 6.66. The molecule has 0 aromatic rings. The highest BCUT2D eigenvalue weighted by Gasteiger charge is 2.40. The van der Waals surface area contributed by atoms with Crippen LogP contribution >= 0.6 is 0 Å². The van der Waals surface area contributed by atoms with E-state index >= 15 is 0 Å². The molecule has 2 unspecified atom stereocenters. The van der Waals surface area contributed by atoms with Crippen LogP contribution in [-0.4, -0.2) is 51.6 Å². The van der Waals surface area contributed by atoms with Crippen LogP contribution in [0.1, 0.15) is 59.3 Å². The fraction of sp³-hybridized carbons (Fsp3) is 0.875. The van der Waals surface area contributed by atoms with Crippen LogP contribution in [0.15, 0.2) is 0 Å². The van der Waals surface area contributed by atoms with Gasteiger partial charge in [-0.1, -0.05) is 13.3 Å². The Morgan fingerprint density at radius 3 is 2.29 bits per heavy atom. The summed E-state index contributed by atoms with van der Waals surface area (Å²) in [5.41, 5.74) is 0. The number of nitrogens with zero attached hydrogens (tertiary/aromatic N) is 2. The SMILES string of the molecule is CCC1CCN(C(=O)N2[C@H](C)CCC[C@@H]2C)C(C(=O)O)C1. The summed E-state index contributed by atoms with van der Waals surface area (Å²) in [4.78, 5) is 27.9. The van der Waals surface area contributed by atoms with Crippen LogP contribution in [0.4, 0.5) is 4.79 Å². The first kappa shape index (κ1) is 16.1. The molecule has 0 aromatic heterocycles. The van der Waals surface area contributed by atoms with Crippen molar-refractivity contribution in [3.8, 4) is 0 Å². The van der Waals surface area contributed by atoms with Gasteiger partial charge in [-0.05, 0) is 51.9 Å². The van der Waals surface area contributed by atoms with Gasteiger partial charge < -0.3 is 14.9 Å². The van der Waals surface area contributed by atoms with Gasteiger partial charge in [-0.2, -0.15) is 0 Å². The van der Waals surface area contributed by atoms with Gasteiger partial charge >= 0.3 is 12.0 Å². The van der Waals surface area contributed by atoms with Gasteiger partial charge in [-0.25, -0.2) is 9.59 Å². The van der Waals surface area contributed by atoms with Crippen molar-refractivity contribution in [1.82, 2.24) is 9.80 Å². The van der Waals surface area contributed by atoms with Crippen molar-refractivity contribution in [3.05, 3.63) is 0 Å². The van der Waals surface area contributed by atoms with E-state index in [0.29, 0.717) is 18.9 Å². The van der Waals surface area contributed by atoms with Crippen molar-refractivity contribution in [2.75, 3.05) is 6.54 Å². The van der Waals surface area contributed by atoms with E-state index in [2.05, 4.69) is 20.8 Å². The van der Waals surface area contributed by atoms with Gasteiger partial charge in [0.05, 0.1) is 0 Å². The number of piperidine rings is 2. The van der Waals surface area contributed by atoms with Crippen molar-refractivity contribution in [3.63, 3.8) is 0 Å². The summed E-state index contributed by atoms with van der Waals surface area (Å²) >= 11 is 0. The van der Waals surface area contributed by atoms with Crippen LogP contribution in [0.2, 0.25) is 0 Å². The second-order valence-electron chi connectivity index (χ2n) is 6.66. The van der Waals surface area contributed by atoms with Crippen molar-refractivity contribution < 1.29 is 14.7 Å². The van der Waals surface area contributed by atoms with Gasteiger partial charge in [0.15, 0.2) is 0 Å². The molecule has 5 nitrogen and oxygen atoms in total. The highest BCUT2D eigenvalue weighted by molar-refractivity contribution is 5.83. The van der Waals surface area contributed by atoms with E-state index in [0.717, 1.165) is 32.1 Å². The van der Waals surface area contributed by atoms with Crippen molar-refractivity contribution >= 4 is 12.0 Å². The van der Waals surface area contributed by atoms with Crippen molar-refractivity contribution in [1.29, 1.82) is 0 Å². The largest absolute Gasteiger partial charge is 0.480 e. The third kappa shape index (κ3) is 3.33. The molecule has 0 spiro atoms. The molecule has 2 amide bonds. The van der Waals surface area contributed by atoms with Gasteiger partial charge in [-0.3, -0.25) is 0 Å². The molecule has 2 heterocycles. The molecule has 0 radical (unpaired) electrons. The predicted octanol–water partition coefficient (Wildman–Crippen LogP) is 2.94. The van der Waals surface area contributed by atoms with Gasteiger partial charge in [0.2, 0.25) is 0 Å². The molecular weight excluding hydrogens is 268 g/mol. The van der Waals surface area contributed by atoms with Gasteiger partial charge in [-0.15, -0.1) is 0 Å². The molecule has 2 rings (SSSR count). The minimum atomic E-state index is -0.862. The molecular formula is C16H28N2O3. The highest BCUT2D eigenvalue weighted by Crippen LogP contribution is 2.30. The van der Waals surface area contributed by atoms with E-state index in [4.69, 9.17) is 0 Å². The quantitative estimate of drug-likeness (QED) is 0.852. The number of aliphatic carboxylic acids is 1. The van der Waals surface area contributed by atoms with Crippen LogP contribution in [0.25, 0.3) is 0 Å². The third-order valence-electron chi connectivity index (χ3n) is 5.23. The molecule has 2 fully saturated rings. The van der Waals surface area contributed by atoms with E-state index in [1.165, 1.54) is 0 Å². The molecule has 1 N–H and O–H groups in total. The number of hydrogen-bond acceptors (Lipinski definition) is 2. The molecule has 0 aliphatic carbocycles. The number of carboxylic acids is 1. The number of likely N-dealkylation sites (tertiary alicyclic amines) is 2. The zero-order valence-corrected chi connectivity index (χ0v) is 13.4. The van der Waals surface area contributed by atoms with Crippen LogP contribution in [0, 0.1) is 5.92 Å². The molecule has 0 saturated carbocycles. The van der Waals surface area contributed by atoms with Gasteiger partial charge in [0.25, 0.3) is 0 Å². The minimum absolute atomic E-state index is 0.0725. The number of carbonyl (C=O) groups excluding carboxylic acids is 1. The Kier molecular flexibility index (Phi) is 5.12. The van der Waals surface area contributed by atoms with Gasteiger partial charge in [0.1, 0.15) is 6.04 Å². The molecule has 21 heavy (non-hydrogen) atoms. The number of amides is 2. The Morgan fingerprint density at radius 1 is 1.14 bits per heavy atom. The fourth-order valence-corrected chi connectivity index (χ4v) is 3.82. The van der Waals surface area contributed by atoms with E-state index in [9.17, 15) is 14.7 Å². The summed E-state index contributed by atoms with van der Waals surface area (Å²) < 4.78 is 0. The van der Waals surface area contributed by atoms with Crippen LogP contribution in [0.3, 0.4) is 0 Å². The molecule has 0 bridgehead atoms. The monoisotopic (exact) mass is 296 g/mol. The zero-order valence-electron chi connectivity index (χ0n) is 13.4. The predicted molar refractivity (Wildman–Crippen MR) is 81.2 cm³/mol. The molecule has 5 heteroatoms. The Balaban J connectivity index is 2.14. The number of carboxylic acid groups (broad SMARTS) is 1. The van der Waals surface area contributed by atoms with E-state index in [1.54, 1.807) is 4.90 Å². The molecule has 0 aromatic carbocycles. The average Bonchev–Trinajstić information content (AvgIpc) is 2.46. The lowest BCUT2D eigenvalue weighted by Gasteiger charge is -2.45. The topological polar surface area (TPSA) is 60.9 Å². The standard InChI is InChI=1S/C16H28N2O3/c1-4-13-8-9-17(14(10-13)15(19)20)16(21)18-11(2)6-5-7-12(18)3/h11-14H,4-10H2,1-3H3,(H,19,20)/t11-,12+,13?,14?. The maximum atomic E-state index is 12.9. The Labute approximate surface area is 127 Å². The molecule has 2 saturated heterocycles. The second kappa shape index (κ2) is 6.67. The fourth-order valence-electron chi connectivity index (χ4n) is 3.82. The third-order valence-corrected chi connectivity index (χ3v) is 5.23. The summed E-state index contributed by atoms with van der Waals surface area (Å²) in [6, 6.07) is -0.312. The highest BCUT2D eigenvalue weighted by atomic mass is 16.4.